The zero-order valence-electron chi connectivity index (χ0n) is 17.0. The Hall–Kier alpha value is -3.13. The summed E-state index contributed by atoms with van der Waals surface area (Å²) >= 11 is 0. The third kappa shape index (κ3) is 2.00. The van der Waals surface area contributed by atoms with E-state index in [0.29, 0.717) is 0 Å². The lowest BCUT2D eigenvalue weighted by Crippen LogP contribution is -2.12. The van der Waals surface area contributed by atoms with Gasteiger partial charge in [0.2, 0.25) is 0 Å². The molecule has 0 bridgehead atoms. The van der Waals surface area contributed by atoms with Crippen LogP contribution in [0.3, 0.4) is 0 Å². The minimum absolute atomic E-state index is 0.121. The van der Waals surface area contributed by atoms with Crippen molar-refractivity contribution in [2.24, 2.45) is 0 Å². The molecule has 0 N–H and O–H groups in total. The lowest BCUT2D eigenvalue weighted by Gasteiger charge is -2.23. The molecule has 0 saturated carbocycles. The Morgan fingerprint density at radius 2 is 1.21 bits per heavy atom. The highest BCUT2D eigenvalue weighted by Crippen LogP contribution is 2.43. The summed E-state index contributed by atoms with van der Waals surface area (Å²) in [7, 11) is 0. The van der Waals surface area contributed by atoms with Crippen molar-refractivity contribution in [3.8, 4) is 16.9 Å². The number of hydrogen-bond donors (Lipinski definition) is 0. The molecule has 1 aliphatic rings. The molecule has 1 aromatic heterocycles. The van der Waals surface area contributed by atoms with E-state index in [9.17, 15) is 4.79 Å². The third-order valence-corrected chi connectivity index (χ3v) is 6.72. The van der Waals surface area contributed by atoms with Gasteiger partial charge in [-0.2, -0.15) is 0 Å². The minimum Gasteiger partial charge on any atom is -0.315 e. The van der Waals surface area contributed by atoms with Gasteiger partial charge in [-0.05, 0) is 62.4 Å². The quantitative estimate of drug-likeness (QED) is 0.338. The molecule has 2 nitrogen and oxygen atoms in total. The molecule has 28 heavy (non-hydrogen) atoms. The second-order valence-corrected chi connectivity index (χ2v) is 7.97. The fourth-order valence-corrected chi connectivity index (χ4v) is 4.77. The molecule has 5 rings (SSSR count). The van der Waals surface area contributed by atoms with E-state index in [4.69, 9.17) is 0 Å². The monoisotopic (exact) mass is 365 g/mol. The molecule has 4 aromatic rings. The molecule has 3 aromatic carbocycles. The van der Waals surface area contributed by atoms with Crippen LogP contribution in [0, 0.1) is 34.6 Å². The van der Waals surface area contributed by atoms with Gasteiger partial charge in [-0.15, -0.1) is 0 Å². The molecule has 2 heteroatoms. The van der Waals surface area contributed by atoms with E-state index in [2.05, 4.69) is 57.5 Å². The van der Waals surface area contributed by atoms with Gasteiger partial charge in [-0.1, -0.05) is 42.5 Å². The molecule has 0 radical (unpaired) electrons. The van der Waals surface area contributed by atoms with Crippen molar-refractivity contribution in [1.82, 2.24) is 4.57 Å². The molecule has 0 atom stereocenters. The number of benzene rings is 3. The van der Waals surface area contributed by atoms with Gasteiger partial charge in [0, 0.05) is 33.7 Å². The first-order chi connectivity index (χ1) is 13.4. The molecule has 0 spiro atoms. The zero-order valence-corrected chi connectivity index (χ0v) is 17.0. The molecule has 1 heterocycles. The summed E-state index contributed by atoms with van der Waals surface area (Å²) in [4.78, 5) is 13.1. The predicted molar refractivity (Wildman–Crippen MR) is 116 cm³/mol. The second-order valence-electron chi connectivity index (χ2n) is 7.97. The number of aromatic nitrogens is 1. The van der Waals surface area contributed by atoms with Gasteiger partial charge in [-0.3, -0.25) is 4.79 Å². The summed E-state index contributed by atoms with van der Waals surface area (Å²) in [5, 5.41) is 2.19. The highest BCUT2D eigenvalue weighted by molar-refractivity contribution is 6.25. The van der Waals surface area contributed by atoms with E-state index in [1.807, 2.05) is 30.3 Å². The largest absolute Gasteiger partial charge is 0.315 e. The standard InChI is InChI=1S/C26H23NO/c1-14-15(2)17(4)24(18(5)16(14)3)27-13-19-9-8-12-22-23(19)25(27)20-10-6-7-11-21(20)26(22)28/h6-13H,1-5H3. The van der Waals surface area contributed by atoms with Gasteiger partial charge >= 0.3 is 0 Å². The van der Waals surface area contributed by atoms with Gasteiger partial charge < -0.3 is 4.57 Å². The number of fused-ring (bicyclic) bond motifs is 2. The van der Waals surface area contributed by atoms with Crippen molar-refractivity contribution < 1.29 is 4.79 Å². The van der Waals surface area contributed by atoms with E-state index in [0.717, 1.165) is 33.2 Å². The van der Waals surface area contributed by atoms with Crippen LogP contribution in [0.15, 0.2) is 48.7 Å². The Labute approximate surface area is 165 Å². The summed E-state index contributed by atoms with van der Waals surface area (Å²) in [6, 6.07) is 14.1. The van der Waals surface area contributed by atoms with Crippen molar-refractivity contribution in [2.45, 2.75) is 34.6 Å². The van der Waals surface area contributed by atoms with Crippen LogP contribution in [-0.2, 0) is 0 Å². The summed E-state index contributed by atoms with van der Waals surface area (Å²) in [6.45, 7) is 11.0. The van der Waals surface area contributed by atoms with Crippen LogP contribution in [0.1, 0.15) is 43.7 Å². The van der Waals surface area contributed by atoms with E-state index in [1.54, 1.807) is 0 Å². The van der Waals surface area contributed by atoms with Gasteiger partial charge in [0.1, 0.15) is 0 Å². The van der Waals surface area contributed by atoms with E-state index >= 15 is 0 Å². The first-order valence-electron chi connectivity index (χ1n) is 9.77. The maximum atomic E-state index is 13.1. The summed E-state index contributed by atoms with van der Waals surface area (Å²) in [5.41, 5.74) is 11.6. The number of rotatable bonds is 1. The van der Waals surface area contributed by atoms with Crippen LogP contribution in [0.25, 0.3) is 27.7 Å². The van der Waals surface area contributed by atoms with Crippen molar-refractivity contribution >= 4 is 16.6 Å². The number of hydrogen-bond acceptors (Lipinski definition) is 1. The normalized spacial score (nSPS) is 12.5. The number of nitrogens with zero attached hydrogens (tertiary/aromatic N) is 1. The fourth-order valence-electron chi connectivity index (χ4n) is 4.77. The average molecular weight is 365 g/mol. The molecular formula is C26H23NO. The van der Waals surface area contributed by atoms with E-state index < -0.39 is 0 Å². The Balaban J connectivity index is 1.99. The fraction of sp³-hybridized carbons (Fsp3) is 0.192. The second kappa shape index (κ2) is 5.68. The molecule has 0 aliphatic heterocycles. The summed E-state index contributed by atoms with van der Waals surface area (Å²) in [5.74, 6) is 0.121. The maximum absolute atomic E-state index is 13.1. The Morgan fingerprint density at radius 3 is 1.89 bits per heavy atom. The van der Waals surface area contributed by atoms with Crippen LogP contribution < -0.4 is 0 Å². The maximum Gasteiger partial charge on any atom is 0.194 e. The van der Waals surface area contributed by atoms with Crippen LogP contribution in [0.2, 0.25) is 0 Å². The first kappa shape index (κ1) is 17.0. The topological polar surface area (TPSA) is 22.0 Å². The van der Waals surface area contributed by atoms with Crippen molar-refractivity contribution in [1.29, 1.82) is 0 Å². The number of carbonyl (C=O) groups is 1. The Bertz CT molecular complexity index is 1290. The molecular weight excluding hydrogens is 342 g/mol. The minimum atomic E-state index is 0.121. The Morgan fingerprint density at radius 1 is 0.643 bits per heavy atom. The highest BCUT2D eigenvalue weighted by Gasteiger charge is 2.29. The van der Waals surface area contributed by atoms with Gasteiger partial charge in [0.25, 0.3) is 0 Å². The molecule has 0 amide bonds. The van der Waals surface area contributed by atoms with Crippen molar-refractivity contribution in [3.05, 3.63) is 87.6 Å². The van der Waals surface area contributed by atoms with Crippen LogP contribution in [0.4, 0.5) is 0 Å². The predicted octanol–water partition coefficient (Wildman–Crippen LogP) is 6.38. The lowest BCUT2D eigenvalue weighted by molar-refractivity contribution is 0.104. The SMILES string of the molecule is Cc1c(C)c(C)c(-n2cc3cccc4c3c2-c2ccccc2C4=O)c(C)c1C. The molecule has 0 fully saturated rings. The average Bonchev–Trinajstić information content (AvgIpc) is 3.09. The highest BCUT2D eigenvalue weighted by atomic mass is 16.1. The van der Waals surface area contributed by atoms with E-state index in [-0.39, 0.29) is 5.78 Å². The van der Waals surface area contributed by atoms with E-state index in [1.165, 1.54) is 33.5 Å². The summed E-state index contributed by atoms with van der Waals surface area (Å²) in [6.07, 6.45) is 2.20. The molecule has 0 saturated heterocycles. The van der Waals surface area contributed by atoms with Gasteiger partial charge in [0.05, 0.1) is 11.4 Å². The summed E-state index contributed by atoms with van der Waals surface area (Å²) < 4.78 is 2.32. The van der Waals surface area contributed by atoms with Crippen molar-refractivity contribution in [2.75, 3.05) is 0 Å². The van der Waals surface area contributed by atoms with Crippen molar-refractivity contribution in [3.63, 3.8) is 0 Å². The van der Waals surface area contributed by atoms with Crippen LogP contribution in [-0.4, -0.2) is 10.4 Å². The van der Waals surface area contributed by atoms with Crippen LogP contribution >= 0.6 is 0 Å². The smallest absolute Gasteiger partial charge is 0.194 e. The number of ketones is 1. The molecule has 1 aliphatic carbocycles. The van der Waals surface area contributed by atoms with Gasteiger partial charge in [0.15, 0.2) is 5.78 Å². The molecule has 138 valence electrons. The van der Waals surface area contributed by atoms with Crippen LogP contribution in [0.5, 0.6) is 0 Å². The first-order valence-corrected chi connectivity index (χ1v) is 9.77. The van der Waals surface area contributed by atoms with Gasteiger partial charge in [-0.25, -0.2) is 0 Å². The zero-order chi connectivity index (χ0) is 19.7. The molecule has 0 unspecified atom stereocenters. The number of carbonyl (C=O) groups excluding carboxylic acids is 1. The lowest BCUT2D eigenvalue weighted by atomic mass is 9.87. The Kier molecular flexibility index (Phi) is 3.45. The third-order valence-electron chi connectivity index (χ3n) is 6.72.